The molecule has 0 aromatic rings. The first kappa shape index (κ1) is 16.0. The number of nitrogens with zero attached hydrogens (tertiary/aromatic N) is 1. The van der Waals surface area contributed by atoms with Crippen molar-refractivity contribution in [3.05, 3.63) is 0 Å². The molecule has 0 unspecified atom stereocenters. The first-order valence-electron chi connectivity index (χ1n) is 7.02. The second-order valence-electron chi connectivity index (χ2n) is 6.53. The Morgan fingerprint density at radius 1 is 1.06 bits per heavy atom. The minimum atomic E-state index is 0.497. The van der Waals surface area contributed by atoms with Gasteiger partial charge >= 0.3 is 0 Å². The Labute approximate surface area is 104 Å². The molecular weight excluding hydrogens is 194 g/mol. The van der Waals surface area contributed by atoms with Crippen LogP contribution in [-0.4, -0.2) is 24.5 Å². The number of rotatable bonds is 8. The first-order valence-corrected chi connectivity index (χ1v) is 7.02. The van der Waals surface area contributed by atoms with Gasteiger partial charge in [0.25, 0.3) is 0 Å². The summed E-state index contributed by atoms with van der Waals surface area (Å²) in [4.78, 5) is 2.58. The Hall–Kier alpha value is -0.0400. The van der Waals surface area contributed by atoms with Gasteiger partial charge in [0, 0.05) is 6.54 Å². The first-order chi connectivity index (χ1) is 7.29. The SMILES string of the molecule is CCN(CCCC(C)(C)C(C)C)CC(C)C. The molecule has 0 saturated heterocycles. The molecule has 0 aliphatic rings. The Bertz CT molecular complexity index is 170. The fourth-order valence-electron chi connectivity index (χ4n) is 1.94. The molecule has 0 atom stereocenters. The van der Waals surface area contributed by atoms with Crippen LogP contribution in [0.5, 0.6) is 0 Å². The zero-order valence-corrected chi connectivity index (χ0v) is 12.6. The van der Waals surface area contributed by atoms with Crippen molar-refractivity contribution in [2.45, 2.75) is 61.3 Å². The van der Waals surface area contributed by atoms with Crippen LogP contribution < -0.4 is 0 Å². The summed E-state index contributed by atoms with van der Waals surface area (Å²) >= 11 is 0. The van der Waals surface area contributed by atoms with Crippen LogP contribution in [0.2, 0.25) is 0 Å². The topological polar surface area (TPSA) is 3.24 Å². The monoisotopic (exact) mass is 227 g/mol. The van der Waals surface area contributed by atoms with E-state index >= 15 is 0 Å². The maximum Gasteiger partial charge on any atom is 0.000427 e. The third kappa shape index (κ3) is 6.52. The van der Waals surface area contributed by atoms with Crippen LogP contribution in [0.1, 0.15) is 61.3 Å². The van der Waals surface area contributed by atoms with Gasteiger partial charge < -0.3 is 4.90 Å². The molecule has 0 amide bonds. The fourth-order valence-corrected chi connectivity index (χ4v) is 1.94. The maximum absolute atomic E-state index is 2.58. The summed E-state index contributed by atoms with van der Waals surface area (Å²) in [5.41, 5.74) is 0.497. The lowest BCUT2D eigenvalue weighted by Crippen LogP contribution is -2.30. The molecule has 1 nitrogen and oxygen atoms in total. The highest BCUT2D eigenvalue weighted by molar-refractivity contribution is 4.73. The highest BCUT2D eigenvalue weighted by Gasteiger charge is 2.21. The van der Waals surface area contributed by atoms with Crippen LogP contribution in [0.25, 0.3) is 0 Å². The predicted molar refractivity (Wildman–Crippen MR) is 74.8 cm³/mol. The van der Waals surface area contributed by atoms with E-state index in [4.69, 9.17) is 0 Å². The molecule has 0 fully saturated rings. The van der Waals surface area contributed by atoms with Crippen molar-refractivity contribution >= 4 is 0 Å². The van der Waals surface area contributed by atoms with Crippen molar-refractivity contribution < 1.29 is 0 Å². The quantitative estimate of drug-likeness (QED) is 0.593. The van der Waals surface area contributed by atoms with Crippen molar-refractivity contribution in [2.24, 2.45) is 17.3 Å². The van der Waals surface area contributed by atoms with Crippen molar-refractivity contribution in [3.8, 4) is 0 Å². The highest BCUT2D eigenvalue weighted by atomic mass is 15.1. The molecule has 16 heavy (non-hydrogen) atoms. The van der Waals surface area contributed by atoms with Crippen LogP contribution in [0.15, 0.2) is 0 Å². The van der Waals surface area contributed by atoms with E-state index in [2.05, 4.69) is 53.4 Å². The van der Waals surface area contributed by atoms with Gasteiger partial charge in [-0.05, 0) is 43.2 Å². The Balaban J connectivity index is 3.86. The van der Waals surface area contributed by atoms with Crippen molar-refractivity contribution in [1.29, 1.82) is 0 Å². The molecule has 0 aliphatic carbocycles. The molecule has 0 aromatic heterocycles. The molecular formula is C15H33N. The molecule has 0 saturated carbocycles. The lowest BCUT2D eigenvalue weighted by Gasteiger charge is -2.31. The van der Waals surface area contributed by atoms with E-state index in [9.17, 15) is 0 Å². The van der Waals surface area contributed by atoms with E-state index in [0.29, 0.717) is 5.41 Å². The Morgan fingerprint density at radius 3 is 2.00 bits per heavy atom. The average molecular weight is 227 g/mol. The third-order valence-electron chi connectivity index (χ3n) is 3.93. The third-order valence-corrected chi connectivity index (χ3v) is 3.93. The van der Waals surface area contributed by atoms with Gasteiger partial charge in [-0.2, -0.15) is 0 Å². The maximum atomic E-state index is 2.58. The smallest absolute Gasteiger partial charge is 0.000427 e. The molecule has 0 bridgehead atoms. The van der Waals surface area contributed by atoms with Gasteiger partial charge in [-0.15, -0.1) is 0 Å². The lowest BCUT2D eigenvalue weighted by molar-refractivity contribution is 0.193. The predicted octanol–water partition coefficient (Wildman–Crippen LogP) is 4.43. The molecule has 98 valence electrons. The standard InChI is InChI=1S/C15H33N/c1-8-16(12-13(2)3)11-9-10-15(6,7)14(4)5/h13-14H,8-12H2,1-7H3. The zero-order chi connectivity index (χ0) is 12.8. The summed E-state index contributed by atoms with van der Waals surface area (Å²) in [6.45, 7) is 20.1. The molecule has 0 spiro atoms. The minimum Gasteiger partial charge on any atom is -0.303 e. The molecule has 0 radical (unpaired) electrons. The van der Waals surface area contributed by atoms with Crippen LogP contribution in [0.4, 0.5) is 0 Å². The molecule has 0 heterocycles. The van der Waals surface area contributed by atoms with Crippen LogP contribution in [0, 0.1) is 17.3 Å². The van der Waals surface area contributed by atoms with Crippen LogP contribution in [0.3, 0.4) is 0 Å². The summed E-state index contributed by atoms with van der Waals surface area (Å²) in [6, 6.07) is 0. The van der Waals surface area contributed by atoms with E-state index in [-0.39, 0.29) is 0 Å². The van der Waals surface area contributed by atoms with Gasteiger partial charge in [0.05, 0.1) is 0 Å². The average Bonchev–Trinajstić information content (AvgIpc) is 2.15. The summed E-state index contributed by atoms with van der Waals surface area (Å²) in [6.07, 6.45) is 2.69. The molecule has 1 heteroatoms. The highest BCUT2D eigenvalue weighted by Crippen LogP contribution is 2.31. The van der Waals surface area contributed by atoms with Gasteiger partial charge in [0.1, 0.15) is 0 Å². The number of hydrogen-bond acceptors (Lipinski definition) is 1. The van der Waals surface area contributed by atoms with Gasteiger partial charge in [0.15, 0.2) is 0 Å². The molecule has 0 rings (SSSR count). The second-order valence-corrected chi connectivity index (χ2v) is 6.53. The normalized spacial score (nSPS) is 13.1. The van der Waals surface area contributed by atoms with E-state index in [0.717, 1.165) is 11.8 Å². The van der Waals surface area contributed by atoms with Gasteiger partial charge in [-0.25, -0.2) is 0 Å². The number of hydrogen-bond donors (Lipinski definition) is 0. The Morgan fingerprint density at radius 2 is 1.62 bits per heavy atom. The lowest BCUT2D eigenvalue weighted by atomic mass is 9.77. The van der Waals surface area contributed by atoms with Crippen molar-refractivity contribution in [2.75, 3.05) is 19.6 Å². The van der Waals surface area contributed by atoms with Crippen molar-refractivity contribution in [3.63, 3.8) is 0 Å². The summed E-state index contributed by atoms with van der Waals surface area (Å²) < 4.78 is 0. The Kier molecular flexibility index (Phi) is 7.30. The second kappa shape index (κ2) is 7.32. The van der Waals surface area contributed by atoms with E-state index in [1.807, 2.05) is 0 Å². The van der Waals surface area contributed by atoms with Crippen molar-refractivity contribution in [1.82, 2.24) is 4.90 Å². The van der Waals surface area contributed by atoms with E-state index in [1.54, 1.807) is 0 Å². The van der Waals surface area contributed by atoms with Gasteiger partial charge in [-0.3, -0.25) is 0 Å². The molecule has 0 aliphatic heterocycles. The van der Waals surface area contributed by atoms with Gasteiger partial charge in [0.2, 0.25) is 0 Å². The summed E-state index contributed by atoms with van der Waals surface area (Å²) in [5, 5.41) is 0. The molecule has 0 aromatic carbocycles. The summed E-state index contributed by atoms with van der Waals surface area (Å²) in [5.74, 6) is 1.57. The van der Waals surface area contributed by atoms with Crippen LogP contribution in [-0.2, 0) is 0 Å². The fraction of sp³-hybridized carbons (Fsp3) is 1.00. The minimum absolute atomic E-state index is 0.497. The van der Waals surface area contributed by atoms with Gasteiger partial charge in [-0.1, -0.05) is 48.5 Å². The molecule has 0 N–H and O–H groups in total. The van der Waals surface area contributed by atoms with E-state index < -0.39 is 0 Å². The van der Waals surface area contributed by atoms with E-state index in [1.165, 1.54) is 32.5 Å². The summed E-state index contributed by atoms with van der Waals surface area (Å²) in [7, 11) is 0. The largest absolute Gasteiger partial charge is 0.303 e. The van der Waals surface area contributed by atoms with Crippen LogP contribution >= 0.6 is 0 Å². The zero-order valence-electron chi connectivity index (χ0n) is 12.6.